The quantitative estimate of drug-likeness (QED) is 0.639. The highest BCUT2D eigenvalue weighted by Gasteiger charge is 2.34. The molecular formula is C16H11NO5S2. The SMILES string of the molecule is Cc1ccc(C=C2SC(=S)N(c3ccc(C(=O)O)c(O)c3)C2=O)o1. The van der Waals surface area contributed by atoms with Crippen molar-refractivity contribution in [1.29, 1.82) is 0 Å². The molecule has 2 aromatic rings. The molecule has 1 saturated heterocycles. The molecule has 1 aromatic heterocycles. The normalized spacial score (nSPS) is 16.2. The molecule has 1 aliphatic heterocycles. The summed E-state index contributed by atoms with van der Waals surface area (Å²) in [5.41, 5.74) is 0.0600. The van der Waals surface area contributed by atoms with Crippen LogP contribution in [0, 0.1) is 6.92 Å². The van der Waals surface area contributed by atoms with Gasteiger partial charge in [0, 0.05) is 12.1 Å². The largest absolute Gasteiger partial charge is 0.507 e. The highest BCUT2D eigenvalue weighted by molar-refractivity contribution is 8.27. The Bertz CT molecular complexity index is 900. The van der Waals surface area contributed by atoms with Crippen molar-refractivity contribution in [3.63, 3.8) is 0 Å². The summed E-state index contributed by atoms with van der Waals surface area (Å²) in [5.74, 6) is -0.776. The molecule has 2 heterocycles. The second-order valence-electron chi connectivity index (χ2n) is 4.97. The number of hydrogen-bond acceptors (Lipinski definition) is 6. The molecule has 0 aliphatic carbocycles. The second kappa shape index (κ2) is 6.14. The molecule has 24 heavy (non-hydrogen) atoms. The van der Waals surface area contributed by atoms with Gasteiger partial charge in [-0.05, 0) is 31.2 Å². The first-order valence-electron chi connectivity index (χ1n) is 6.77. The van der Waals surface area contributed by atoms with E-state index in [1.54, 1.807) is 25.1 Å². The van der Waals surface area contributed by atoms with E-state index in [-0.39, 0.29) is 15.8 Å². The summed E-state index contributed by atoms with van der Waals surface area (Å²) in [5, 5.41) is 18.7. The van der Waals surface area contributed by atoms with E-state index in [0.29, 0.717) is 16.4 Å². The van der Waals surface area contributed by atoms with Crippen molar-refractivity contribution in [3.05, 3.63) is 52.3 Å². The van der Waals surface area contributed by atoms with Crippen molar-refractivity contribution < 1.29 is 24.2 Å². The van der Waals surface area contributed by atoms with Crippen LogP contribution in [0.5, 0.6) is 5.75 Å². The van der Waals surface area contributed by atoms with Gasteiger partial charge in [0.15, 0.2) is 4.32 Å². The van der Waals surface area contributed by atoms with E-state index in [0.717, 1.165) is 17.5 Å². The molecule has 0 radical (unpaired) electrons. The summed E-state index contributed by atoms with van der Waals surface area (Å²) in [4.78, 5) is 25.1. The van der Waals surface area contributed by atoms with Gasteiger partial charge in [-0.3, -0.25) is 9.69 Å². The second-order valence-corrected chi connectivity index (χ2v) is 6.65. The fourth-order valence-electron chi connectivity index (χ4n) is 2.19. The van der Waals surface area contributed by atoms with Crippen molar-refractivity contribution in [3.8, 4) is 5.75 Å². The molecule has 1 fully saturated rings. The Hall–Kier alpha value is -2.58. The molecule has 0 atom stereocenters. The van der Waals surface area contributed by atoms with Crippen LogP contribution < -0.4 is 4.90 Å². The van der Waals surface area contributed by atoms with E-state index in [9.17, 15) is 14.7 Å². The maximum atomic E-state index is 12.6. The van der Waals surface area contributed by atoms with E-state index >= 15 is 0 Å². The first kappa shape index (κ1) is 16.3. The van der Waals surface area contributed by atoms with Gasteiger partial charge in [0.1, 0.15) is 22.8 Å². The number of furan rings is 1. The molecule has 1 amide bonds. The molecule has 0 spiro atoms. The van der Waals surface area contributed by atoms with Gasteiger partial charge in [0.2, 0.25) is 0 Å². The fraction of sp³-hybridized carbons (Fsp3) is 0.0625. The summed E-state index contributed by atoms with van der Waals surface area (Å²) >= 11 is 6.33. The van der Waals surface area contributed by atoms with Gasteiger partial charge < -0.3 is 14.6 Å². The molecule has 3 rings (SSSR count). The Morgan fingerprint density at radius 3 is 2.67 bits per heavy atom. The van der Waals surface area contributed by atoms with E-state index in [4.69, 9.17) is 21.7 Å². The number of carboxylic acids is 1. The standard InChI is InChI=1S/C16H11NO5S2/c1-8-2-4-10(22-8)7-13-14(19)17(16(23)24-13)9-3-5-11(15(20)21)12(18)6-9/h2-7,18H,1H3,(H,20,21). The number of nitrogens with zero attached hydrogens (tertiary/aromatic N) is 1. The van der Waals surface area contributed by atoms with Crippen LogP contribution in [0.15, 0.2) is 39.7 Å². The summed E-state index contributed by atoms with van der Waals surface area (Å²) in [6.07, 6.45) is 1.60. The maximum absolute atomic E-state index is 12.6. The van der Waals surface area contributed by atoms with Crippen LogP contribution >= 0.6 is 24.0 Å². The number of aromatic hydroxyl groups is 1. The van der Waals surface area contributed by atoms with Gasteiger partial charge in [-0.1, -0.05) is 24.0 Å². The monoisotopic (exact) mass is 361 g/mol. The number of benzene rings is 1. The Morgan fingerprint density at radius 1 is 1.33 bits per heavy atom. The topological polar surface area (TPSA) is 91.0 Å². The van der Waals surface area contributed by atoms with Crippen molar-refractivity contribution in [2.45, 2.75) is 6.92 Å². The maximum Gasteiger partial charge on any atom is 0.339 e. The molecule has 1 aliphatic rings. The number of amides is 1. The fourth-order valence-corrected chi connectivity index (χ4v) is 3.47. The molecule has 1 aromatic carbocycles. The van der Waals surface area contributed by atoms with Crippen molar-refractivity contribution >= 4 is 51.9 Å². The number of carboxylic acid groups (broad SMARTS) is 1. The van der Waals surface area contributed by atoms with Crippen LogP contribution in [0.3, 0.4) is 0 Å². The number of rotatable bonds is 3. The first-order valence-corrected chi connectivity index (χ1v) is 8.00. The lowest BCUT2D eigenvalue weighted by atomic mass is 10.1. The van der Waals surface area contributed by atoms with Crippen molar-refractivity contribution in [2.75, 3.05) is 4.90 Å². The summed E-state index contributed by atoms with van der Waals surface area (Å²) in [7, 11) is 0. The van der Waals surface area contributed by atoms with Gasteiger partial charge in [-0.15, -0.1) is 0 Å². The van der Waals surface area contributed by atoms with Gasteiger partial charge in [-0.2, -0.15) is 0 Å². The Morgan fingerprint density at radius 2 is 2.08 bits per heavy atom. The van der Waals surface area contributed by atoms with E-state index < -0.39 is 11.7 Å². The number of thioether (sulfide) groups is 1. The lowest BCUT2D eigenvalue weighted by Gasteiger charge is -2.15. The number of thiocarbonyl (C=S) groups is 1. The minimum Gasteiger partial charge on any atom is -0.507 e. The Kier molecular flexibility index (Phi) is 4.16. The number of aromatic carboxylic acids is 1. The number of anilines is 1. The zero-order valence-electron chi connectivity index (χ0n) is 12.3. The first-order chi connectivity index (χ1) is 11.4. The van der Waals surface area contributed by atoms with E-state index in [2.05, 4.69) is 0 Å². The molecule has 6 nitrogen and oxygen atoms in total. The Balaban J connectivity index is 1.94. The molecular weight excluding hydrogens is 350 g/mol. The van der Waals surface area contributed by atoms with Gasteiger partial charge in [0.05, 0.1) is 10.6 Å². The van der Waals surface area contributed by atoms with Crippen molar-refractivity contribution in [1.82, 2.24) is 0 Å². The molecule has 122 valence electrons. The zero-order valence-corrected chi connectivity index (χ0v) is 14.0. The van der Waals surface area contributed by atoms with Gasteiger partial charge in [-0.25, -0.2) is 4.79 Å². The molecule has 2 N–H and O–H groups in total. The highest BCUT2D eigenvalue weighted by Crippen LogP contribution is 2.37. The predicted octanol–water partition coefficient (Wildman–Crippen LogP) is 3.40. The van der Waals surface area contributed by atoms with Crippen LogP contribution in [-0.4, -0.2) is 26.4 Å². The third kappa shape index (κ3) is 2.93. The molecule has 0 bridgehead atoms. The summed E-state index contributed by atoms with van der Waals surface area (Å²) < 4.78 is 5.71. The molecule has 0 saturated carbocycles. The van der Waals surface area contributed by atoms with Gasteiger partial charge >= 0.3 is 5.97 Å². The summed E-state index contributed by atoms with van der Waals surface area (Å²) in [6, 6.07) is 7.39. The predicted molar refractivity (Wildman–Crippen MR) is 94.2 cm³/mol. The van der Waals surface area contributed by atoms with Crippen LogP contribution in [-0.2, 0) is 4.79 Å². The van der Waals surface area contributed by atoms with Gasteiger partial charge in [0.25, 0.3) is 5.91 Å². The third-order valence-corrected chi connectivity index (χ3v) is 4.60. The smallest absolute Gasteiger partial charge is 0.339 e. The van der Waals surface area contributed by atoms with Crippen molar-refractivity contribution in [2.24, 2.45) is 0 Å². The lowest BCUT2D eigenvalue weighted by Crippen LogP contribution is -2.27. The number of phenols is 1. The third-order valence-electron chi connectivity index (χ3n) is 3.30. The lowest BCUT2D eigenvalue weighted by molar-refractivity contribution is -0.113. The number of aryl methyl sites for hydroxylation is 1. The van der Waals surface area contributed by atoms with E-state index in [1.165, 1.54) is 23.1 Å². The zero-order chi connectivity index (χ0) is 17.4. The molecule has 0 unspecified atom stereocenters. The molecule has 8 heteroatoms. The minimum absolute atomic E-state index is 0.245. The van der Waals surface area contributed by atoms with Crippen LogP contribution in [0.4, 0.5) is 5.69 Å². The number of hydrogen-bond donors (Lipinski definition) is 2. The van der Waals surface area contributed by atoms with Crippen LogP contribution in [0.1, 0.15) is 21.9 Å². The summed E-state index contributed by atoms with van der Waals surface area (Å²) in [6.45, 7) is 1.80. The Labute approximate surface area is 146 Å². The van der Waals surface area contributed by atoms with Crippen LogP contribution in [0.2, 0.25) is 0 Å². The average Bonchev–Trinajstić information content (AvgIpc) is 3.02. The average molecular weight is 361 g/mol. The van der Waals surface area contributed by atoms with Crippen LogP contribution in [0.25, 0.3) is 6.08 Å². The highest BCUT2D eigenvalue weighted by atomic mass is 32.2. The van der Waals surface area contributed by atoms with E-state index in [1.807, 2.05) is 0 Å². The number of carbonyl (C=O) groups excluding carboxylic acids is 1. The number of carbonyl (C=O) groups is 2. The minimum atomic E-state index is -1.25.